The Morgan fingerprint density at radius 2 is 1.08 bits per heavy atom. The van der Waals surface area contributed by atoms with Crippen LogP contribution in [0.25, 0.3) is 0 Å². The maximum absolute atomic E-state index is 14.3. The molecule has 3 N–H and O–H groups in total. The molecule has 0 aromatic heterocycles. The van der Waals surface area contributed by atoms with Crippen LogP contribution >= 0.6 is 7.82 Å². The summed E-state index contributed by atoms with van der Waals surface area (Å²) in [5.41, 5.74) is -1.26. The van der Waals surface area contributed by atoms with Crippen molar-refractivity contribution in [2.75, 3.05) is 40.9 Å². The highest BCUT2D eigenvalue weighted by atomic mass is 31.2. The lowest BCUT2D eigenvalue weighted by Gasteiger charge is -2.42. The summed E-state index contributed by atoms with van der Waals surface area (Å²) >= 11 is 0. The van der Waals surface area contributed by atoms with E-state index in [9.17, 15) is 24.2 Å². The summed E-state index contributed by atoms with van der Waals surface area (Å²) in [6.07, 6.45) is 21.9. The Morgan fingerprint density at radius 1 is 0.688 bits per heavy atom. The van der Waals surface area contributed by atoms with Crippen LogP contribution in [0.5, 0.6) is 0 Å². The van der Waals surface area contributed by atoms with Crippen LogP contribution < -0.4 is 0 Å². The maximum Gasteiger partial charge on any atom is 0.472 e. The van der Waals surface area contributed by atoms with Gasteiger partial charge in [0.25, 0.3) is 0 Å². The highest BCUT2D eigenvalue weighted by molar-refractivity contribution is 7.47. The number of hydrogen-bond acceptors (Lipinski definition) is 7. The van der Waals surface area contributed by atoms with Gasteiger partial charge in [-0.15, -0.1) is 0 Å². The van der Waals surface area contributed by atoms with Gasteiger partial charge in [-0.2, -0.15) is 0 Å². The molecule has 0 aliphatic heterocycles. The number of carbonyl (C=O) groups excluding carboxylic acids is 2. The third-order valence-corrected chi connectivity index (χ3v) is 10.4. The molecule has 9 nitrogen and oxygen atoms in total. The van der Waals surface area contributed by atoms with Gasteiger partial charge in [0.15, 0.2) is 5.78 Å². The molecule has 0 bridgehead atoms. The number of phosphoric ester groups is 1. The standard InChI is InChI=1S/C38H76NO8P/c1-7-10-13-14-15-16-17-18-19-20-21-22-23-24-25-28-35(42)37(43)38(29-26-11-8-2,30-27-12-9-3)36(31-39(4,5)6)47-48(44,45)46-33-34(41)32-40/h34,36,40-41H,7-33H2,1-6H3/p+1/t34-,36?/m1/s1. The van der Waals surface area contributed by atoms with E-state index >= 15 is 0 Å². The molecule has 286 valence electrons. The topological polar surface area (TPSA) is 130 Å². The zero-order valence-corrected chi connectivity index (χ0v) is 32.9. The van der Waals surface area contributed by atoms with Gasteiger partial charge in [0, 0.05) is 6.42 Å². The van der Waals surface area contributed by atoms with Crippen molar-refractivity contribution in [3.63, 3.8) is 0 Å². The molecule has 0 aromatic rings. The summed E-state index contributed by atoms with van der Waals surface area (Å²) in [6.45, 7) is 5.39. The molecule has 0 fully saturated rings. The summed E-state index contributed by atoms with van der Waals surface area (Å²) in [5, 5.41) is 18.9. The van der Waals surface area contributed by atoms with E-state index in [4.69, 9.17) is 14.2 Å². The second-order valence-electron chi connectivity index (χ2n) is 15.2. The first kappa shape index (κ1) is 47.3. The van der Waals surface area contributed by atoms with Gasteiger partial charge in [-0.05, 0) is 19.3 Å². The smallest absolute Gasteiger partial charge is 0.394 e. The van der Waals surface area contributed by atoms with E-state index in [1.165, 1.54) is 70.6 Å². The first-order valence-corrected chi connectivity index (χ1v) is 21.1. The van der Waals surface area contributed by atoms with E-state index in [0.717, 1.165) is 44.9 Å². The molecular formula is C38H77NO8P+. The second kappa shape index (κ2) is 28.0. The average molecular weight is 707 g/mol. The number of likely N-dealkylation sites (N-methyl/N-ethyl adjacent to an activating group) is 1. The number of aliphatic hydroxyl groups excluding tert-OH is 2. The number of phosphoric acid groups is 1. The number of Topliss-reactive ketones (excluding diaryl/α,β-unsaturated/α-hetero) is 2. The molecule has 0 amide bonds. The zero-order chi connectivity index (χ0) is 36.3. The molecule has 0 aliphatic carbocycles. The van der Waals surface area contributed by atoms with E-state index < -0.39 is 50.2 Å². The lowest BCUT2D eigenvalue weighted by molar-refractivity contribution is -0.874. The van der Waals surface area contributed by atoms with E-state index in [2.05, 4.69) is 20.8 Å². The molecule has 0 rings (SSSR count). The third-order valence-electron chi connectivity index (χ3n) is 9.40. The molecule has 48 heavy (non-hydrogen) atoms. The Bertz CT molecular complexity index is 852. The molecule has 0 aliphatic rings. The highest BCUT2D eigenvalue weighted by Crippen LogP contribution is 2.51. The van der Waals surface area contributed by atoms with Gasteiger partial charge in [0.1, 0.15) is 18.8 Å². The SMILES string of the molecule is CCCCCCCCCCCCCCCCCC(=O)C(=O)C(CCCCC)(CCCCC)C(C[N+](C)(C)C)OP(=O)(O)OC[C@H](O)CO. The molecule has 0 heterocycles. The monoisotopic (exact) mass is 707 g/mol. The van der Waals surface area contributed by atoms with E-state index in [1.807, 2.05) is 21.1 Å². The van der Waals surface area contributed by atoms with Crippen LogP contribution in [0, 0.1) is 5.41 Å². The molecular weight excluding hydrogens is 629 g/mol. The molecule has 0 aromatic carbocycles. The summed E-state index contributed by atoms with van der Waals surface area (Å²) in [5.74, 6) is -0.911. The molecule has 10 heteroatoms. The van der Waals surface area contributed by atoms with Gasteiger partial charge >= 0.3 is 7.82 Å². The summed E-state index contributed by atoms with van der Waals surface area (Å²) in [7, 11) is 1.00. The second-order valence-corrected chi connectivity index (χ2v) is 16.6. The number of quaternary nitrogens is 1. The fourth-order valence-electron chi connectivity index (χ4n) is 6.48. The number of rotatable bonds is 35. The number of aliphatic hydroxyl groups is 2. The zero-order valence-electron chi connectivity index (χ0n) is 32.0. The van der Waals surface area contributed by atoms with Gasteiger partial charge in [-0.1, -0.05) is 149 Å². The number of unbranched alkanes of at least 4 members (excludes halogenated alkanes) is 18. The first-order chi connectivity index (χ1) is 22.8. The fourth-order valence-corrected chi connectivity index (χ4v) is 7.49. The van der Waals surface area contributed by atoms with Crippen molar-refractivity contribution < 1.29 is 42.8 Å². The van der Waals surface area contributed by atoms with Gasteiger partial charge in [-0.25, -0.2) is 4.57 Å². The van der Waals surface area contributed by atoms with Crippen LogP contribution in [0.3, 0.4) is 0 Å². The van der Waals surface area contributed by atoms with Crippen LogP contribution in [0.4, 0.5) is 0 Å². The predicted molar refractivity (Wildman–Crippen MR) is 197 cm³/mol. The predicted octanol–water partition coefficient (Wildman–Crippen LogP) is 9.09. The van der Waals surface area contributed by atoms with Crippen molar-refractivity contribution in [3.05, 3.63) is 0 Å². The van der Waals surface area contributed by atoms with Crippen LogP contribution in [0.1, 0.15) is 175 Å². The maximum atomic E-state index is 14.3. The van der Waals surface area contributed by atoms with Gasteiger partial charge < -0.3 is 19.6 Å². The fraction of sp³-hybridized carbons (Fsp3) is 0.947. The van der Waals surface area contributed by atoms with E-state index in [1.54, 1.807) is 0 Å². The first-order valence-electron chi connectivity index (χ1n) is 19.6. The molecule has 0 radical (unpaired) electrons. The summed E-state index contributed by atoms with van der Waals surface area (Å²) < 4.78 is 24.4. The number of carbonyl (C=O) groups is 2. The molecule has 0 spiro atoms. The minimum atomic E-state index is -4.74. The Balaban J connectivity index is 5.44. The molecule has 3 atom stereocenters. The minimum Gasteiger partial charge on any atom is -0.394 e. The largest absolute Gasteiger partial charge is 0.472 e. The van der Waals surface area contributed by atoms with Crippen molar-refractivity contribution in [3.8, 4) is 0 Å². The van der Waals surface area contributed by atoms with Crippen LogP contribution in [0.15, 0.2) is 0 Å². The Kier molecular flexibility index (Phi) is 27.6. The quantitative estimate of drug-likeness (QED) is 0.0258. The minimum absolute atomic E-state index is 0.174. The van der Waals surface area contributed by atoms with Gasteiger partial charge in [-0.3, -0.25) is 18.6 Å². The summed E-state index contributed by atoms with van der Waals surface area (Å²) in [6, 6.07) is 0. The summed E-state index contributed by atoms with van der Waals surface area (Å²) in [4.78, 5) is 38.7. The van der Waals surface area contributed by atoms with Crippen molar-refractivity contribution in [1.29, 1.82) is 0 Å². The van der Waals surface area contributed by atoms with Crippen molar-refractivity contribution in [1.82, 2.24) is 0 Å². The van der Waals surface area contributed by atoms with Crippen molar-refractivity contribution >= 4 is 19.4 Å². The Labute approximate surface area is 295 Å². The van der Waals surface area contributed by atoms with Crippen molar-refractivity contribution in [2.45, 2.75) is 187 Å². The Morgan fingerprint density at radius 3 is 1.48 bits per heavy atom. The number of nitrogens with zero attached hydrogens (tertiary/aromatic N) is 1. The number of ketones is 2. The van der Waals surface area contributed by atoms with Crippen LogP contribution in [-0.4, -0.2) is 84.3 Å². The molecule has 0 saturated heterocycles. The molecule has 0 saturated carbocycles. The number of hydrogen-bond donors (Lipinski definition) is 3. The third kappa shape index (κ3) is 22.9. The highest BCUT2D eigenvalue weighted by Gasteiger charge is 2.52. The van der Waals surface area contributed by atoms with Gasteiger partial charge in [0.2, 0.25) is 5.78 Å². The lowest BCUT2D eigenvalue weighted by Crippen LogP contribution is -2.54. The van der Waals surface area contributed by atoms with Crippen molar-refractivity contribution in [2.24, 2.45) is 5.41 Å². The van der Waals surface area contributed by atoms with Crippen LogP contribution in [0.2, 0.25) is 0 Å². The average Bonchev–Trinajstić information content (AvgIpc) is 3.03. The lowest BCUT2D eigenvalue weighted by atomic mass is 9.68. The van der Waals surface area contributed by atoms with Crippen LogP contribution in [-0.2, 0) is 23.2 Å². The normalized spacial score (nSPS) is 14.9. The molecule has 2 unspecified atom stereocenters. The van der Waals surface area contributed by atoms with E-state index in [0.29, 0.717) is 36.6 Å². The van der Waals surface area contributed by atoms with E-state index in [-0.39, 0.29) is 13.0 Å². The Hall–Kier alpha value is -0.670. The van der Waals surface area contributed by atoms with Gasteiger partial charge in [0.05, 0.1) is 39.8 Å².